The first-order valence-electron chi connectivity index (χ1n) is 17.5. The Morgan fingerprint density at radius 3 is 1.93 bits per heavy atom. The van der Waals surface area contributed by atoms with Crippen molar-refractivity contribution in [1.29, 1.82) is 0 Å². The molecule has 0 unspecified atom stereocenters. The molecule has 11 heteroatoms. The highest BCUT2D eigenvalue weighted by molar-refractivity contribution is 6.59. The van der Waals surface area contributed by atoms with Crippen molar-refractivity contribution in [2.75, 3.05) is 12.4 Å². The Bertz CT molecular complexity index is 2800. The first kappa shape index (κ1) is 34.8. The van der Waals surface area contributed by atoms with E-state index in [-0.39, 0.29) is 6.54 Å². The lowest BCUT2D eigenvalue weighted by Crippen LogP contribution is -2.33. The molecule has 8 rings (SSSR count). The standard InChI is InChI=1S/C43H34B2N2O7/c1-53-43(48)35-11-5-4-10-34(35)40-36-18-14-26-22-30(46-24-28-8-2-6-12-38(28)44(49)50)16-20-32(26)41(36)54-42-33-21-17-31(23-27(33)15-19-37(40)42)47-25-29-9-3-7-13-39(29)45(51)52/h2-23,46,49-52H,24-25H2,1H3. The van der Waals surface area contributed by atoms with Gasteiger partial charge >= 0.3 is 20.2 Å². The molecule has 0 bridgehead atoms. The summed E-state index contributed by atoms with van der Waals surface area (Å²) in [5.41, 5.74) is 6.49. The smallest absolute Gasteiger partial charge is 0.465 e. The molecule has 264 valence electrons. The van der Waals surface area contributed by atoms with Gasteiger partial charge in [-0.15, -0.1) is 0 Å². The lowest BCUT2D eigenvalue weighted by molar-refractivity contribution is 0.0601. The normalized spacial score (nSPS) is 11.8. The number of hydrogen-bond acceptors (Lipinski definition) is 9. The number of hydrogen-bond donors (Lipinski definition) is 5. The summed E-state index contributed by atoms with van der Waals surface area (Å²) in [7, 11) is -1.78. The number of carbonyl (C=O) groups excluding carboxylic acids is 1. The van der Waals surface area contributed by atoms with Gasteiger partial charge in [0, 0.05) is 39.3 Å². The second-order valence-corrected chi connectivity index (χ2v) is 13.1. The Balaban J connectivity index is 1.29. The number of carbonyl (C=O) groups is 1. The van der Waals surface area contributed by atoms with Gasteiger partial charge in [0.1, 0.15) is 11.2 Å². The molecule has 0 aliphatic rings. The number of benzene rings is 7. The third-order valence-electron chi connectivity index (χ3n) is 9.85. The monoisotopic (exact) mass is 712 g/mol. The van der Waals surface area contributed by atoms with E-state index in [0.29, 0.717) is 39.8 Å². The number of fused-ring (bicyclic) bond motifs is 6. The third kappa shape index (κ3) is 6.50. The Hall–Kier alpha value is -6.23. The summed E-state index contributed by atoms with van der Waals surface area (Å²) in [6.07, 6.45) is 0. The van der Waals surface area contributed by atoms with Crippen LogP contribution in [0.1, 0.15) is 21.5 Å². The molecule has 9 nitrogen and oxygen atoms in total. The van der Waals surface area contributed by atoms with Crippen molar-refractivity contribution in [2.45, 2.75) is 13.1 Å². The van der Waals surface area contributed by atoms with Gasteiger partial charge in [0.15, 0.2) is 0 Å². The summed E-state index contributed by atoms with van der Waals surface area (Å²) >= 11 is 0. The molecule has 0 radical (unpaired) electrons. The highest BCUT2D eigenvalue weighted by Crippen LogP contribution is 2.43. The molecule has 0 spiro atoms. The van der Waals surface area contributed by atoms with Gasteiger partial charge in [-0.3, -0.25) is 4.99 Å². The van der Waals surface area contributed by atoms with Crippen molar-refractivity contribution in [3.63, 3.8) is 0 Å². The molecule has 0 atom stereocenters. The molecule has 1 aromatic heterocycles. The summed E-state index contributed by atoms with van der Waals surface area (Å²) in [4.78, 5) is 17.9. The Morgan fingerprint density at radius 2 is 1.24 bits per heavy atom. The predicted octanol–water partition coefficient (Wildman–Crippen LogP) is 5.42. The van der Waals surface area contributed by atoms with Gasteiger partial charge < -0.3 is 34.6 Å². The maximum Gasteiger partial charge on any atom is 0.488 e. The fourth-order valence-corrected chi connectivity index (χ4v) is 7.19. The van der Waals surface area contributed by atoms with E-state index in [0.717, 1.165) is 60.1 Å². The van der Waals surface area contributed by atoms with Gasteiger partial charge in [-0.05, 0) is 93.0 Å². The number of ether oxygens (including phenoxy) is 1. The molecular formula is C43H34B2N2O7. The van der Waals surface area contributed by atoms with Crippen molar-refractivity contribution in [1.82, 2.24) is 0 Å². The highest BCUT2D eigenvalue weighted by atomic mass is 16.5. The maximum absolute atomic E-state index is 13.1. The topological polar surface area (TPSA) is 145 Å². The molecule has 5 N–H and O–H groups in total. The van der Waals surface area contributed by atoms with E-state index >= 15 is 0 Å². The molecule has 7 aromatic carbocycles. The SMILES string of the molecule is COC(=O)c1ccccc1-c1c2ccc3cc(NCc4ccccc4B(O)O)ccc3c2oc2c1ccc1cc(=NCc3ccccc3B(O)O)ccc12. The van der Waals surface area contributed by atoms with Gasteiger partial charge in [-0.2, -0.15) is 0 Å². The molecule has 0 saturated heterocycles. The fraction of sp³-hybridized carbons (Fsp3) is 0.0698. The number of esters is 1. The summed E-state index contributed by atoms with van der Waals surface area (Å²) in [5.74, 6) is -0.443. The second-order valence-electron chi connectivity index (χ2n) is 13.1. The average Bonchev–Trinajstić information content (AvgIpc) is 3.20. The van der Waals surface area contributed by atoms with Crippen molar-refractivity contribution in [3.8, 4) is 11.1 Å². The van der Waals surface area contributed by atoms with Crippen LogP contribution in [-0.2, 0) is 17.8 Å². The zero-order valence-corrected chi connectivity index (χ0v) is 29.2. The van der Waals surface area contributed by atoms with Crippen molar-refractivity contribution < 1.29 is 34.0 Å². The summed E-state index contributed by atoms with van der Waals surface area (Å²) in [5, 5.41) is 48.6. The van der Waals surface area contributed by atoms with Crippen LogP contribution in [0.2, 0.25) is 0 Å². The van der Waals surface area contributed by atoms with Crippen LogP contribution in [0.25, 0.3) is 54.6 Å². The summed E-state index contributed by atoms with van der Waals surface area (Å²) in [6.45, 7) is 0.668. The minimum atomic E-state index is -1.59. The quantitative estimate of drug-likeness (QED) is 0.0578. The molecule has 1 heterocycles. The number of anilines is 1. The lowest BCUT2D eigenvalue weighted by Gasteiger charge is -2.17. The molecule has 0 amide bonds. The molecule has 0 aliphatic heterocycles. The zero-order chi connectivity index (χ0) is 37.3. The van der Waals surface area contributed by atoms with Crippen LogP contribution in [-0.4, -0.2) is 47.4 Å². The number of rotatable bonds is 9. The first-order valence-corrected chi connectivity index (χ1v) is 17.5. The zero-order valence-electron chi connectivity index (χ0n) is 29.2. The Kier molecular flexibility index (Phi) is 9.45. The molecule has 54 heavy (non-hydrogen) atoms. The third-order valence-corrected chi connectivity index (χ3v) is 9.85. The summed E-state index contributed by atoms with van der Waals surface area (Å²) < 4.78 is 12.1. The van der Waals surface area contributed by atoms with E-state index in [1.165, 1.54) is 7.11 Å². The van der Waals surface area contributed by atoms with Gasteiger partial charge in [0.2, 0.25) is 0 Å². The van der Waals surface area contributed by atoms with Crippen LogP contribution in [0.5, 0.6) is 0 Å². The molecule has 0 fully saturated rings. The molecular weight excluding hydrogens is 678 g/mol. The van der Waals surface area contributed by atoms with Gasteiger partial charge in [0.05, 0.1) is 24.6 Å². The van der Waals surface area contributed by atoms with E-state index in [1.807, 2.05) is 103 Å². The van der Waals surface area contributed by atoms with E-state index < -0.39 is 20.2 Å². The van der Waals surface area contributed by atoms with Gasteiger partial charge in [-0.1, -0.05) is 78.9 Å². The maximum atomic E-state index is 13.1. The number of nitrogens with zero attached hydrogens (tertiary/aromatic N) is 1. The minimum Gasteiger partial charge on any atom is -0.465 e. The van der Waals surface area contributed by atoms with Crippen LogP contribution >= 0.6 is 0 Å². The van der Waals surface area contributed by atoms with Gasteiger partial charge in [-0.25, -0.2) is 4.79 Å². The lowest BCUT2D eigenvalue weighted by atomic mass is 9.77. The minimum absolute atomic E-state index is 0.273. The van der Waals surface area contributed by atoms with Crippen LogP contribution in [0.3, 0.4) is 0 Å². The van der Waals surface area contributed by atoms with Crippen molar-refractivity contribution in [2.24, 2.45) is 4.99 Å². The predicted molar refractivity (Wildman–Crippen MR) is 215 cm³/mol. The molecule has 0 aliphatic carbocycles. The fourth-order valence-electron chi connectivity index (χ4n) is 7.19. The van der Waals surface area contributed by atoms with Crippen molar-refractivity contribution >= 4 is 80.3 Å². The second kappa shape index (κ2) is 14.7. The van der Waals surface area contributed by atoms with Crippen LogP contribution in [0.4, 0.5) is 5.69 Å². The summed E-state index contributed by atoms with van der Waals surface area (Å²) in [6, 6.07) is 41.6. The molecule has 0 saturated carbocycles. The largest absolute Gasteiger partial charge is 0.488 e. The number of nitrogens with one attached hydrogen (secondary N) is 1. The Labute approximate surface area is 310 Å². The average molecular weight is 712 g/mol. The first-order chi connectivity index (χ1) is 26.3. The highest BCUT2D eigenvalue weighted by Gasteiger charge is 2.22. The van der Waals surface area contributed by atoms with Crippen LogP contribution in [0, 0.1) is 0 Å². The van der Waals surface area contributed by atoms with E-state index in [4.69, 9.17) is 14.1 Å². The van der Waals surface area contributed by atoms with Crippen molar-refractivity contribution in [3.05, 3.63) is 156 Å². The van der Waals surface area contributed by atoms with E-state index in [9.17, 15) is 24.9 Å². The van der Waals surface area contributed by atoms with E-state index in [2.05, 4.69) is 5.32 Å². The van der Waals surface area contributed by atoms with Crippen LogP contribution in [0.15, 0.2) is 143 Å². The van der Waals surface area contributed by atoms with Gasteiger partial charge in [0.25, 0.3) is 0 Å². The van der Waals surface area contributed by atoms with E-state index in [1.54, 1.807) is 30.3 Å². The Morgan fingerprint density at radius 1 is 0.667 bits per heavy atom. The number of methoxy groups -OCH3 is 1. The van der Waals surface area contributed by atoms with Crippen LogP contribution < -0.4 is 21.6 Å². The molecule has 8 aromatic rings.